The van der Waals surface area contributed by atoms with E-state index in [4.69, 9.17) is 9.26 Å². The number of hydrogen-bond acceptors (Lipinski definition) is 7. The molecule has 1 aliphatic rings. The summed E-state index contributed by atoms with van der Waals surface area (Å²) >= 11 is 0. The number of hydrogen-bond donors (Lipinski definition) is 4. The molecule has 2 aromatic rings. The highest BCUT2D eigenvalue weighted by molar-refractivity contribution is 5.90. The first-order valence-electron chi connectivity index (χ1n) is 10.4. The van der Waals surface area contributed by atoms with Gasteiger partial charge in [0, 0.05) is 18.9 Å². The van der Waals surface area contributed by atoms with E-state index in [2.05, 4.69) is 26.1 Å². The zero-order chi connectivity index (χ0) is 22.2. The van der Waals surface area contributed by atoms with Crippen LogP contribution in [0.1, 0.15) is 36.3 Å². The average molecular weight is 431 g/mol. The highest BCUT2D eigenvalue weighted by Crippen LogP contribution is 2.22. The largest absolute Gasteiger partial charge is 0.394 e. The van der Waals surface area contributed by atoms with E-state index in [1.165, 1.54) is 0 Å². The van der Waals surface area contributed by atoms with Gasteiger partial charge in [-0.05, 0) is 44.7 Å². The molecule has 0 aliphatic carbocycles. The van der Waals surface area contributed by atoms with E-state index in [1.54, 1.807) is 32.3 Å². The van der Waals surface area contributed by atoms with E-state index in [9.17, 15) is 14.7 Å². The molecule has 0 unspecified atom stereocenters. The number of amides is 3. The number of nitrogens with one attached hydrogen (secondary N) is 3. The highest BCUT2D eigenvalue weighted by atomic mass is 16.5. The second kappa shape index (κ2) is 10.9. The van der Waals surface area contributed by atoms with Gasteiger partial charge < -0.3 is 30.3 Å². The van der Waals surface area contributed by atoms with Crippen LogP contribution in [0.15, 0.2) is 29.0 Å². The minimum absolute atomic E-state index is 0.108. The third kappa shape index (κ3) is 6.50. The summed E-state index contributed by atoms with van der Waals surface area (Å²) in [6.07, 6.45) is 4.98. The topological polar surface area (TPSA) is 139 Å². The average Bonchev–Trinajstić information content (AvgIpc) is 3.07. The Morgan fingerprint density at radius 1 is 1.29 bits per heavy atom. The van der Waals surface area contributed by atoms with Gasteiger partial charge in [0.05, 0.1) is 25.2 Å². The molecule has 0 aromatic carbocycles. The molecule has 3 atom stereocenters. The fraction of sp³-hybridized carbons (Fsp3) is 0.524. The van der Waals surface area contributed by atoms with Gasteiger partial charge in [-0.2, -0.15) is 0 Å². The lowest BCUT2D eigenvalue weighted by Gasteiger charge is -2.36. The lowest BCUT2D eigenvalue weighted by molar-refractivity contribution is -0.127. The van der Waals surface area contributed by atoms with Crippen molar-refractivity contribution in [3.05, 3.63) is 41.5 Å². The zero-order valence-electron chi connectivity index (χ0n) is 17.8. The van der Waals surface area contributed by atoms with Crippen molar-refractivity contribution in [2.75, 3.05) is 18.5 Å². The molecule has 1 saturated heterocycles. The second-order valence-electron chi connectivity index (χ2n) is 7.64. The highest BCUT2D eigenvalue weighted by Gasteiger charge is 2.31. The first-order chi connectivity index (χ1) is 15.0. The normalized spacial score (nSPS) is 20.8. The molecule has 10 heteroatoms. The molecule has 31 heavy (non-hydrogen) atoms. The van der Waals surface area contributed by atoms with Crippen molar-refractivity contribution in [3.63, 3.8) is 0 Å². The van der Waals surface area contributed by atoms with Crippen LogP contribution < -0.4 is 16.0 Å². The number of aromatic nitrogens is 2. The number of ether oxygens (including phenoxy) is 1. The molecule has 10 nitrogen and oxygen atoms in total. The standard InChI is InChI=1S/C21H29N5O5/c1-13-20(14(2)31-26-13)25-21(29)23-9-7-16-5-6-17(18(12-27)30-16)24-19(28)10-15-4-3-8-22-11-15/h3-4,8,11,16-18,27H,5-7,9-10,12H2,1-2H3,(H,24,28)(H2,23,25,29)/t16-,17+,18-/m1/s1. The molecule has 3 amide bonds. The van der Waals surface area contributed by atoms with Gasteiger partial charge >= 0.3 is 6.03 Å². The van der Waals surface area contributed by atoms with E-state index < -0.39 is 6.10 Å². The number of carbonyl (C=O) groups is 2. The molecule has 0 bridgehead atoms. The minimum atomic E-state index is -0.479. The summed E-state index contributed by atoms with van der Waals surface area (Å²) in [6.45, 7) is 3.71. The van der Waals surface area contributed by atoms with Gasteiger partial charge in [0.15, 0.2) is 5.76 Å². The molecule has 0 spiro atoms. The quantitative estimate of drug-likeness (QED) is 0.496. The Kier molecular flexibility index (Phi) is 7.96. The van der Waals surface area contributed by atoms with E-state index in [1.807, 2.05) is 6.07 Å². The first-order valence-corrected chi connectivity index (χ1v) is 10.4. The fourth-order valence-electron chi connectivity index (χ4n) is 3.62. The summed E-state index contributed by atoms with van der Waals surface area (Å²) in [5.74, 6) is 0.418. The van der Waals surface area contributed by atoms with Crippen LogP contribution in [0.2, 0.25) is 0 Å². The number of aryl methyl sites for hydroxylation is 2. The van der Waals surface area contributed by atoms with Crippen LogP contribution in [-0.2, 0) is 16.0 Å². The van der Waals surface area contributed by atoms with Crippen LogP contribution in [0.4, 0.5) is 10.5 Å². The van der Waals surface area contributed by atoms with Gasteiger partial charge in [0.25, 0.3) is 0 Å². The maximum Gasteiger partial charge on any atom is 0.319 e. The third-order valence-electron chi connectivity index (χ3n) is 5.25. The summed E-state index contributed by atoms with van der Waals surface area (Å²) in [5.41, 5.74) is 2.01. The Hall–Kier alpha value is -2.98. The molecule has 0 radical (unpaired) electrons. The molecule has 4 N–H and O–H groups in total. The van der Waals surface area contributed by atoms with Gasteiger partial charge in [-0.25, -0.2) is 4.79 Å². The summed E-state index contributed by atoms with van der Waals surface area (Å²) < 4.78 is 11.0. The maximum absolute atomic E-state index is 12.3. The number of carbonyl (C=O) groups excluding carboxylic acids is 2. The molecule has 1 aliphatic heterocycles. The number of aliphatic hydroxyl groups is 1. The van der Waals surface area contributed by atoms with Crippen molar-refractivity contribution in [2.24, 2.45) is 0 Å². The van der Waals surface area contributed by atoms with E-state index >= 15 is 0 Å². The van der Waals surface area contributed by atoms with E-state index in [0.717, 1.165) is 12.0 Å². The van der Waals surface area contributed by atoms with Crippen LogP contribution in [0.5, 0.6) is 0 Å². The van der Waals surface area contributed by atoms with Gasteiger partial charge in [-0.3, -0.25) is 9.78 Å². The Labute approximate surface area is 180 Å². The van der Waals surface area contributed by atoms with Gasteiger partial charge in [-0.15, -0.1) is 0 Å². The van der Waals surface area contributed by atoms with Crippen molar-refractivity contribution in [2.45, 2.75) is 57.8 Å². The Morgan fingerprint density at radius 2 is 2.13 bits per heavy atom. The molecule has 1 fully saturated rings. The summed E-state index contributed by atoms with van der Waals surface area (Å²) in [5, 5.41) is 22.0. The fourth-order valence-corrected chi connectivity index (χ4v) is 3.62. The monoisotopic (exact) mass is 431 g/mol. The van der Waals surface area contributed by atoms with Crippen molar-refractivity contribution in [1.29, 1.82) is 0 Å². The van der Waals surface area contributed by atoms with Crippen molar-refractivity contribution < 1.29 is 24.0 Å². The lowest BCUT2D eigenvalue weighted by Crippen LogP contribution is -2.51. The van der Waals surface area contributed by atoms with E-state index in [0.29, 0.717) is 36.5 Å². The maximum atomic E-state index is 12.3. The lowest BCUT2D eigenvalue weighted by atomic mass is 9.97. The molecular formula is C21H29N5O5. The summed E-state index contributed by atoms with van der Waals surface area (Å²) in [4.78, 5) is 28.4. The molecular weight excluding hydrogens is 402 g/mol. The Balaban J connectivity index is 1.40. The number of pyridine rings is 1. The third-order valence-corrected chi connectivity index (χ3v) is 5.25. The van der Waals surface area contributed by atoms with Crippen LogP contribution >= 0.6 is 0 Å². The Bertz CT molecular complexity index is 853. The van der Waals surface area contributed by atoms with Gasteiger partial charge in [0.2, 0.25) is 5.91 Å². The number of aliphatic hydroxyl groups excluding tert-OH is 1. The van der Waals surface area contributed by atoms with Gasteiger partial charge in [-0.1, -0.05) is 11.2 Å². The molecule has 3 rings (SSSR count). The number of anilines is 1. The van der Waals surface area contributed by atoms with Crippen molar-refractivity contribution in [1.82, 2.24) is 20.8 Å². The predicted molar refractivity (Wildman–Crippen MR) is 112 cm³/mol. The molecule has 0 saturated carbocycles. The van der Waals surface area contributed by atoms with Crippen LogP contribution in [0.3, 0.4) is 0 Å². The first kappa shape index (κ1) is 22.7. The summed E-state index contributed by atoms with van der Waals surface area (Å²) in [7, 11) is 0. The minimum Gasteiger partial charge on any atom is -0.394 e. The summed E-state index contributed by atoms with van der Waals surface area (Å²) in [6, 6.07) is 3.04. The number of nitrogens with zero attached hydrogens (tertiary/aromatic N) is 2. The van der Waals surface area contributed by atoms with Crippen molar-refractivity contribution >= 4 is 17.6 Å². The molecule has 168 valence electrons. The predicted octanol–water partition coefficient (Wildman–Crippen LogP) is 1.47. The molecule has 3 heterocycles. The second-order valence-corrected chi connectivity index (χ2v) is 7.64. The van der Waals surface area contributed by atoms with Crippen LogP contribution in [0, 0.1) is 13.8 Å². The SMILES string of the molecule is Cc1noc(C)c1NC(=O)NCC[C@H]1CC[C@H](NC(=O)Cc2cccnc2)[C@@H](CO)O1. The van der Waals surface area contributed by atoms with Crippen molar-refractivity contribution in [3.8, 4) is 0 Å². The van der Waals surface area contributed by atoms with Crippen LogP contribution in [0.25, 0.3) is 0 Å². The van der Waals surface area contributed by atoms with Gasteiger partial charge in [0.1, 0.15) is 17.5 Å². The number of urea groups is 1. The zero-order valence-corrected chi connectivity index (χ0v) is 17.8. The smallest absolute Gasteiger partial charge is 0.319 e. The van der Waals surface area contributed by atoms with Crippen LogP contribution in [-0.4, -0.2) is 58.6 Å². The Morgan fingerprint density at radius 3 is 2.81 bits per heavy atom. The van der Waals surface area contributed by atoms with E-state index in [-0.39, 0.29) is 37.1 Å². The number of rotatable bonds is 8. The molecule has 2 aromatic heterocycles.